The SMILES string of the molecule is CC(CN(C)C)[CH2][Ga]([CH3])[CH3].CCN(C)CC(C)[CH2][Ga]([CH2]C)[CH2]C.CCN(C)CC(C)[CH2][Ga]([CH3])[CH3].CCN(C)CCC[CH2][Ga]([CH2]C)[CH2]C.CCN(CC)CC(C)[CH2][Ga]([CH2]C)[CH2]C.CCN(CC)CC(C)[CH2][Ga]([CH3])[CH3].CCN(CC)CCC[CH2][Ga]([CH2]C)[CH2]C.C[CH2][Ga]([CH2]C)[CH2]CCCN(C)C.C[CH2][Ga]([CH3])[CH2]C(C)CN(C)C. The molecule has 0 aliphatic rings. The van der Waals surface area contributed by atoms with Gasteiger partial charge < -0.3 is 0 Å². The van der Waals surface area contributed by atoms with Crippen molar-refractivity contribution in [1.29, 1.82) is 0 Å². The van der Waals surface area contributed by atoms with Gasteiger partial charge in [-0.1, -0.05) is 0 Å². The Labute approximate surface area is 754 Å². The molecule has 9 nitrogen and oxygen atoms in total. The molecule has 0 spiro atoms. The van der Waals surface area contributed by atoms with Crippen molar-refractivity contribution >= 4 is 146 Å². The maximum atomic E-state index is 2.56. The van der Waals surface area contributed by atoms with Gasteiger partial charge in [-0.2, -0.15) is 0 Å². The van der Waals surface area contributed by atoms with Gasteiger partial charge >= 0.3 is 763 Å². The molecule has 660 valence electrons. The molecule has 6 atom stereocenters. The van der Waals surface area contributed by atoms with Gasteiger partial charge in [-0.25, -0.2) is 0 Å². The zero-order chi connectivity index (χ0) is 87.0. The first-order chi connectivity index (χ1) is 51.8. The zero-order valence-electron chi connectivity index (χ0n) is 85.8. The second-order valence-corrected chi connectivity index (χ2v) is 106. The summed E-state index contributed by atoms with van der Waals surface area (Å²) in [6, 6.07) is 0. The molecular weight excluding hydrogens is 1860 g/mol. The van der Waals surface area contributed by atoms with Crippen LogP contribution in [0, 0.1) is 35.5 Å². The standard InChI is InChI=1S/3C8H18N.3C7H16N.3C6H14N.11C2H5.7CH3.9Ga/c2*1-5-9(6-2)7-8(3)4;1-4-7-8-9(5-2)6-3;2*1-5-8(4)6-7(2)3;1-4-6-7-8(3)5-2;2*1-6(2)5-7(3)4;1-4-5-6-7(2)3;11*1-2;;;;;;;;;;;;;;;;/h2*8H,3,5-7H2,1-2,4H3;1,4-8H2,2-3H3;2*7H,2,5-6H2,1,3-4H3;1,4-7H2,2-3H3;2*6H,1,5H2,2-4H3;1,4-6H2,2-3H3;11*1H2,2H3;7*1H3;;;;;;;;;. The molecule has 0 aliphatic carbocycles. The average Bonchev–Trinajstić information content (AvgIpc) is 0.968. The molecule has 0 aromatic rings. The summed E-state index contributed by atoms with van der Waals surface area (Å²) in [5.41, 5.74) is 17.4. The van der Waals surface area contributed by atoms with E-state index in [-0.39, 0.29) is 0 Å². The summed E-state index contributed by atoms with van der Waals surface area (Å²) in [5.74, 6) is 5.61. The van der Waals surface area contributed by atoms with Crippen LogP contribution in [0.2, 0.25) is 138 Å². The average molecular weight is 2080 g/mol. The Morgan fingerprint density at radius 1 is 0.209 bits per heavy atom. The van der Waals surface area contributed by atoms with Crippen LogP contribution >= 0.6 is 0 Å². The summed E-state index contributed by atoms with van der Waals surface area (Å²) in [5, 5.41) is 0. The van der Waals surface area contributed by atoms with Crippen molar-refractivity contribution < 1.29 is 0 Å². The van der Waals surface area contributed by atoms with Gasteiger partial charge in [0.15, 0.2) is 0 Å². The van der Waals surface area contributed by atoms with Crippen LogP contribution in [0.1, 0.15) is 219 Å². The van der Waals surface area contributed by atoms with Crippen LogP contribution in [0.25, 0.3) is 0 Å². The molecule has 110 heavy (non-hydrogen) atoms. The molecule has 0 aromatic carbocycles. The normalized spacial score (nSPS) is 12.6. The Morgan fingerprint density at radius 3 is 0.700 bits per heavy atom. The van der Waals surface area contributed by atoms with Crippen LogP contribution in [0.5, 0.6) is 0 Å². The van der Waals surface area contributed by atoms with E-state index in [1.54, 1.807) is 64.7 Å². The third kappa shape index (κ3) is 109. The van der Waals surface area contributed by atoms with Crippen molar-refractivity contribution in [2.75, 3.05) is 181 Å². The van der Waals surface area contributed by atoms with E-state index in [1.165, 1.54) is 191 Å². The van der Waals surface area contributed by atoms with E-state index in [2.05, 4.69) is 326 Å². The van der Waals surface area contributed by atoms with E-state index >= 15 is 0 Å². The van der Waals surface area contributed by atoms with Crippen molar-refractivity contribution in [1.82, 2.24) is 44.1 Å². The Morgan fingerprint density at radius 2 is 0.455 bits per heavy atom. The summed E-state index contributed by atoms with van der Waals surface area (Å²) < 4.78 is 0. The Hall–Kier alpha value is 5.37. The molecule has 0 amide bonds. The first-order valence-electron chi connectivity index (χ1n) is 48.9. The Bertz CT molecular complexity index is 1570. The van der Waals surface area contributed by atoms with E-state index in [1.807, 2.05) is 0 Å². The Balaban J connectivity index is -0.000000149. The van der Waals surface area contributed by atoms with Gasteiger partial charge in [0, 0.05) is 0 Å². The quantitative estimate of drug-likeness (QED) is 0.0436. The second kappa shape index (κ2) is 99.8. The molecule has 18 heteroatoms. The van der Waals surface area contributed by atoms with Gasteiger partial charge in [0.25, 0.3) is 0 Å². The minimum atomic E-state index is -0.814. The van der Waals surface area contributed by atoms with Crippen LogP contribution in [0.15, 0.2) is 0 Å². The van der Waals surface area contributed by atoms with Crippen LogP contribution in [-0.2, 0) is 0 Å². The number of rotatable bonds is 59. The molecule has 0 fully saturated rings. The summed E-state index contributed by atoms with van der Waals surface area (Å²) in [7, 11) is 19.6. The van der Waals surface area contributed by atoms with E-state index in [4.69, 9.17) is 0 Å². The fourth-order valence-corrected chi connectivity index (χ4v) is 55.6. The Kier molecular flexibility index (Phi) is 121. The van der Waals surface area contributed by atoms with Gasteiger partial charge in [-0.05, 0) is 0 Å². The summed E-state index contributed by atoms with van der Waals surface area (Å²) in [6.07, 6.45) is 8.76. The summed E-state index contributed by atoms with van der Waals surface area (Å²) in [4.78, 5) is 52.9. The van der Waals surface area contributed by atoms with Crippen molar-refractivity contribution in [2.45, 2.75) is 356 Å². The molecule has 0 aliphatic heterocycles. The van der Waals surface area contributed by atoms with Crippen LogP contribution < -0.4 is 0 Å². The second-order valence-electron chi connectivity index (χ2n) is 37.6. The first kappa shape index (κ1) is 133. The number of nitrogens with zero attached hydrogens (tertiary/aromatic N) is 9. The fraction of sp³-hybridized carbons (Fsp3) is 1.00. The summed E-state index contributed by atoms with van der Waals surface area (Å²) in [6.45, 7) is 83.6. The van der Waals surface area contributed by atoms with Gasteiger partial charge in [0.1, 0.15) is 0 Å². The molecule has 0 N–H and O–H groups in total. The summed E-state index contributed by atoms with van der Waals surface area (Å²) >= 11 is -6.74. The third-order valence-corrected chi connectivity index (χ3v) is 79.0. The molecule has 0 bridgehead atoms. The van der Waals surface area contributed by atoms with E-state index in [0.29, 0.717) is 0 Å². The fourth-order valence-electron chi connectivity index (χ4n) is 15.7. The van der Waals surface area contributed by atoms with Crippen molar-refractivity contribution in [3.05, 3.63) is 0 Å². The predicted octanol–water partition coefficient (Wildman–Crippen LogP) is 25.7. The van der Waals surface area contributed by atoms with E-state index in [0.717, 1.165) is 35.5 Å². The number of hydrogen-bond donors (Lipinski definition) is 0. The molecule has 0 saturated carbocycles. The monoisotopic (exact) mass is 2070 g/mol. The van der Waals surface area contributed by atoms with Gasteiger partial charge in [-0.15, -0.1) is 0 Å². The van der Waals surface area contributed by atoms with Crippen molar-refractivity contribution in [3.8, 4) is 0 Å². The zero-order valence-corrected chi connectivity index (χ0v) is 108. The number of hydrogen-bond acceptors (Lipinski definition) is 9. The van der Waals surface area contributed by atoms with Gasteiger partial charge in [0.2, 0.25) is 0 Å². The maximum absolute atomic E-state index is 2.56. The topological polar surface area (TPSA) is 29.2 Å². The molecule has 0 heterocycles. The van der Waals surface area contributed by atoms with Crippen LogP contribution in [-0.4, -0.2) is 371 Å². The van der Waals surface area contributed by atoms with Crippen molar-refractivity contribution in [2.24, 2.45) is 35.5 Å². The molecule has 0 rings (SSSR count). The van der Waals surface area contributed by atoms with E-state index in [9.17, 15) is 0 Å². The van der Waals surface area contributed by atoms with Crippen LogP contribution in [0.4, 0.5) is 0 Å². The van der Waals surface area contributed by atoms with Crippen molar-refractivity contribution in [3.63, 3.8) is 0 Å². The van der Waals surface area contributed by atoms with Gasteiger partial charge in [-0.3, -0.25) is 0 Å². The molecule has 0 saturated heterocycles. The van der Waals surface area contributed by atoms with Crippen LogP contribution in [0.3, 0.4) is 0 Å². The van der Waals surface area contributed by atoms with Gasteiger partial charge in [0.05, 0.1) is 0 Å². The van der Waals surface area contributed by atoms with E-state index < -0.39 is 146 Å². The molecular formula is C92H220Ga9N9. The molecule has 6 unspecified atom stereocenters. The third-order valence-electron chi connectivity index (χ3n) is 23.6. The molecule has 0 radical (unpaired) electrons. The minimum absolute atomic E-state index is 0.712. The predicted molar refractivity (Wildman–Crippen MR) is 543 cm³/mol. The number of unbranched alkanes of at least 4 members (excludes halogenated alkanes) is 3. The first-order valence-corrected chi connectivity index (χ1v) is 100. The molecule has 0 aromatic heterocycles.